The van der Waals surface area contributed by atoms with E-state index in [2.05, 4.69) is 57.3 Å². The normalized spacial score (nSPS) is 28.8. The summed E-state index contributed by atoms with van der Waals surface area (Å²) in [5.74, 6) is 0. The molecule has 0 amide bonds. The zero-order chi connectivity index (χ0) is 13.0. The van der Waals surface area contributed by atoms with E-state index in [0.29, 0.717) is 22.9 Å². The maximum atomic E-state index is 5.71. The molecule has 1 aromatic rings. The van der Waals surface area contributed by atoms with Crippen LogP contribution in [0.5, 0.6) is 0 Å². The Morgan fingerprint density at radius 3 is 2.44 bits per heavy atom. The summed E-state index contributed by atoms with van der Waals surface area (Å²) in [5.41, 5.74) is 3.50. The Balaban J connectivity index is 1.80. The van der Waals surface area contributed by atoms with Gasteiger partial charge in [0.05, 0.1) is 19.3 Å². The fourth-order valence-electron chi connectivity index (χ4n) is 3.33. The monoisotopic (exact) mass is 245 g/mol. The number of rotatable bonds is 2. The molecule has 2 nitrogen and oxygen atoms in total. The summed E-state index contributed by atoms with van der Waals surface area (Å²) in [7, 11) is 0. The number of benzene rings is 1. The molecule has 1 aliphatic heterocycles. The molecule has 3 rings (SSSR count). The molecule has 18 heavy (non-hydrogen) atoms. The third-order valence-corrected chi connectivity index (χ3v) is 5.36. The van der Waals surface area contributed by atoms with Gasteiger partial charge in [-0.3, -0.25) is 0 Å². The van der Waals surface area contributed by atoms with Crippen LogP contribution < -0.4 is 5.32 Å². The topological polar surface area (TPSA) is 21.3 Å². The molecule has 2 heteroatoms. The van der Waals surface area contributed by atoms with Crippen LogP contribution in [0.2, 0.25) is 0 Å². The first-order valence-electron chi connectivity index (χ1n) is 6.86. The van der Waals surface area contributed by atoms with Crippen molar-refractivity contribution in [1.29, 1.82) is 0 Å². The molecule has 1 aromatic carbocycles. The van der Waals surface area contributed by atoms with E-state index >= 15 is 0 Å². The second-order valence-electron chi connectivity index (χ2n) is 6.81. The lowest BCUT2D eigenvalue weighted by Crippen LogP contribution is -2.33. The first-order chi connectivity index (χ1) is 8.44. The standard InChI is InChI=1S/C16H23NO/c1-15(2)14(16(15,3)4)17-13-10-18-9-11-7-5-6-8-12(11)13/h5-8,13-14,17H,9-10H2,1-4H3. The SMILES string of the molecule is CC1(C)C(NC2COCc3ccccc32)C1(C)C. The van der Waals surface area contributed by atoms with E-state index in [9.17, 15) is 0 Å². The van der Waals surface area contributed by atoms with Crippen LogP contribution in [0.4, 0.5) is 0 Å². The average molecular weight is 245 g/mol. The van der Waals surface area contributed by atoms with Crippen LogP contribution in [0.3, 0.4) is 0 Å². The average Bonchev–Trinajstić information content (AvgIpc) is 2.72. The molecule has 2 aliphatic rings. The van der Waals surface area contributed by atoms with Crippen LogP contribution in [-0.2, 0) is 11.3 Å². The summed E-state index contributed by atoms with van der Waals surface area (Å²) in [6, 6.07) is 9.55. The molecule has 1 fully saturated rings. The predicted octanol–water partition coefficient (Wildman–Crippen LogP) is 3.28. The molecule has 0 bridgehead atoms. The zero-order valence-corrected chi connectivity index (χ0v) is 11.8. The van der Waals surface area contributed by atoms with E-state index in [4.69, 9.17) is 4.74 Å². The lowest BCUT2D eigenvalue weighted by Gasteiger charge is -2.27. The summed E-state index contributed by atoms with van der Waals surface area (Å²) in [6.07, 6.45) is 0. The van der Waals surface area contributed by atoms with Crippen molar-refractivity contribution in [3.63, 3.8) is 0 Å². The summed E-state index contributed by atoms with van der Waals surface area (Å²) in [4.78, 5) is 0. The van der Waals surface area contributed by atoms with Crippen molar-refractivity contribution in [3.05, 3.63) is 35.4 Å². The molecule has 1 saturated carbocycles. The molecule has 1 N–H and O–H groups in total. The highest BCUT2D eigenvalue weighted by atomic mass is 16.5. The van der Waals surface area contributed by atoms with Crippen LogP contribution in [0.1, 0.15) is 44.9 Å². The fourth-order valence-corrected chi connectivity index (χ4v) is 3.33. The first kappa shape index (κ1) is 12.2. The molecule has 1 atom stereocenters. The predicted molar refractivity (Wildman–Crippen MR) is 73.3 cm³/mol. The van der Waals surface area contributed by atoms with Gasteiger partial charge in [-0.25, -0.2) is 0 Å². The minimum absolute atomic E-state index is 0.348. The lowest BCUT2D eigenvalue weighted by molar-refractivity contribution is 0.0801. The number of fused-ring (bicyclic) bond motifs is 1. The maximum Gasteiger partial charge on any atom is 0.0721 e. The Labute approximate surface area is 110 Å². The molecule has 1 unspecified atom stereocenters. The van der Waals surface area contributed by atoms with E-state index in [1.54, 1.807) is 0 Å². The van der Waals surface area contributed by atoms with E-state index in [1.165, 1.54) is 11.1 Å². The molecular formula is C16H23NO. The fraction of sp³-hybridized carbons (Fsp3) is 0.625. The highest BCUT2D eigenvalue weighted by Crippen LogP contribution is 2.63. The Morgan fingerprint density at radius 2 is 1.78 bits per heavy atom. The van der Waals surface area contributed by atoms with Crippen LogP contribution >= 0.6 is 0 Å². The van der Waals surface area contributed by atoms with Gasteiger partial charge in [0, 0.05) is 6.04 Å². The van der Waals surface area contributed by atoms with Gasteiger partial charge in [-0.05, 0) is 22.0 Å². The molecule has 0 radical (unpaired) electrons. The third-order valence-electron chi connectivity index (χ3n) is 5.36. The van der Waals surface area contributed by atoms with E-state index in [0.717, 1.165) is 13.2 Å². The maximum absolute atomic E-state index is 5.71. The summed E-state index contributed by atoms with van der Waals surface area (Å²) >= 11 is 0. The summed E-state index contributed by atoms with van der Waals surface area (Å²) in [5, 5.41) is 3.80. The highest BCUT2D eigenvalue weighted by molar-refractivity contribution is 5.32. The van der Waals surface area contributed by atoms with Gasteiger partial charge >= 0.3 is 0 Å². The van der Waals surface area contributed by atoms with Gasteiger partial charge in [0.15, 0.2) is 0 Å². The lowest BCUT2D eigenvalue weighted by atomic mass is 9.99. The number of ether oxygens (including phenoxy) is 1. The van der Waals surface area contributed by atoms with Crippen LogP contribution in [-0.4, -0.2) is 12.6 Å². The largest absolute Gasteiger partial charge is 0.375 e. The van der Waals surface area contributed by atoms with Crippen LogP contribution in [0.25, 0.3) is 0 Å². The zero-order valence-electron chi connectivity index (χ0n) is 11.8. The van der Waals surface area contributed by atoms with Gasteiger partial charge in [-0.15, -0.1) is 0 Å². The molecule has 1 aliphatic carbocycles. The van der Waals surface area contributed by atoms with Crippen molar-refractivity contribution >= 4 is 0 Å². The Kier molecular flexibility index (Phi) is 2.58. The van der Waals surface area contributed by atoms with Gasteiger partial charge in [0.25, 0.3) is 0 Å². The molecule has 98 valence electrons. The minimum Gasteiger partial charge on any atom is -0.375 e. The molecule has 0 spiro atoms. The minimum atomic E-state index is 0.348. The Morgan fingerprint density at radius 1 is 1.11 bits per heavy atom. The van der Waals surface area contributed by atoms with Crippen molar-refractivity contribution in [3.8, 4) is 0 Å². The van der Waals surface area contributed by atoms with Gasteiger partial charge in [0.1, 0.15) is 0 Å². The Hall–Kier alpha value is -0.860. The number of nitrogens with one attached hydrogen (secondary N) is 1. The van der Waals surface area contributed by atoms with Crippen molar-refractivity contribution in [2.45, 2.75) is 46.4 Å². The van der Waals surface area contributed by atoms with Gasteiger partial charge in [-0.2, -0.15) is 0 Å². The van der Waals surface area contributed by atoms with Gasteiger partial charge in [0.2, 0.25) is 0 Å². The van der Waals surface area contributed by atoms with Crippen molar-refractivity contribution in [2.75, 3.05) is 6.61 Å². The van der Waals surface area contributed by atoms with Crippen molar-refractivity contribution < 1.29 is 4.74 Å². The molecule has 0 aromatic heterocycles. The first-order valence-corrected chi connectivity index (χ1v) is 6.86. The van der Waals surface area contributed by atoms with Crippen molar-refractivity contribution in [2.24, 2.45) is 10.8 Å². The Bertz CT molecular complexity index is 450. The van der Waals surface area contributed by atoms with Crippen molar-refractivity contribution in [1.82, 2.24) is 5.32 Å². The highest BCUT2D eigenvalue weighted by Gasteiger charge is 2.65. The molecular weight excluding hydrogens is 222 g/mol. The van der Waals surface area contributed by atoms with Crippen LogP contribution in [0, 0.1) is 10.8 Å². The van der Waals surface area contributed by atoms with E-state index in [1.807, 2.05) is 0 Å². The van der Waals surface area contributed by atoms with Crippen LogP contribution in [0.15, 0.2) is 24.3 Å². The number of hydrogen-bond donors (Lipinski definition) is 1. The third kappa shape index (κ3) is 1.63. The summed E-state index contributed by atoms with van der Waals surface area (Å²) in [6.45, 7) is 10.9. The second-order valence-corrected chi connectivity index (χ2v) is 6.81. The second kappa shape index (κ2) is 3.82. The quantitative estimate of drug-likeness (QED) is 0.863. The van der Waals surface area contributed by atoms with Gasteiger partial charge in [-0.1, -0.05) is 52.0 Å². The van der Waals surface area contributed by atoms with Gasteiger partial charge < -0.3 is 10.1 Å². The number of hydrogen-bond acceptors (Lipinski definition) is 2. The molecule has 0 saturated heterocycles. The smallest absolute Gasteiger partial charge is 0.0721 e. The summed E-state index contributed by atoms with van der Waals surface area (Å²) < 4.78 is 5.71. The van der Waals surface area contributed by atoms with E-state index < -0.39 is 0 Å². The van der Waals surface area contributed by atoms with E-state index in [-0.39, 0.29) is 0 Å². The molecule has 1 heterocycles.